The third-order valence-electron chi connectivity index (χ3n) is 7.10. The molecule has 0 bridgehead atoms. The van der Waals surface area contributed by atoms with Gasteiger partial charge < -0.3 is 30.9 Å². The molecule has 1 aromatic carbocycles. The lowest BCUT2D eigenvalue weighted by molar-refractivity contribution is -0.163. The van der Waals surface area contributed by atoms with Crippen LogP contribution in [0.5, 0.6) is 0 Å². The van der Waals surface area contributed by atoms with Gasteiger partial charge in [0.15, 0.2) is 0 Å². The summed E-state index contributed by atoms with van der Waals surface area (Å²) in [5.41, 5.74) is 1.77. The number of rotatable bonds is 10. The van der Waals surface area contributed by atoms with E-state index >= 15 is 0 Å². The number of aryl methyl sites for hydroxylation is 1. The van der Waals surface area contributed by atoms with E-state index in [-0.39, 0.29) is 41.1 Å². The average molecular weight is 518 g/mol. The highest BCUT2D eigenvalue weighted by atomic mass is 32.2. The molecule has 194 valence electrons. The van der Waals surface area contributed by atoms with Crippen LogP contribution in [0.15, 0.2) is 34.9 Å². The Bertz CT molecular complexity index is 1100. The highest BCUT2D eigenvalue weighted by Gasteiger charge is 2.60. The number of hydrogen-bond acceptors (Lipinski definition) is 7. The third kappa shape index (κ3) is 5.14. The third-order valence-corrected chi connectivity index (χ3v) is 8.61. The molecule has 2 amide bonds. The molecule has 1 unspecified atom stereocenters. The molecule has 3 aliphatic rings. The topological polar surface area (TPSA) is 156 Å². The summed E-state index contributed by atoms with van der Waals surface area (Å²) >= 11 is 1.40. The van der Waals surface area contributed by atoms with Crippen LogP contribution in [-0.2, 0) is 32.1 Å². The molecule has 0 aliphatic carbocycles. The maximum atomic E-state index is 12.8. The van der Waals surface area contributed by atoms with Crippen LogP contribution in [0.1, 0.15) is 37.8 Å². The second-order valence-electron chi connectivity index (χ2n) is 9.64. The summed E-state index contributed by atoms with van der Waals surface area (Å²) in [6.45, 7) is 4.28. The Morgan fingerprint density at radius 1 is 1.25 bits per heavy atom. The van der Waals surface area contributed by atoms with Gasteiger partial charge in [0.2, 0.25) is 11.8 Å². The van der Waals surface area contributed by atoms with E-state index in [0.29, 0.717) is 30.8 Å². The lowest BCUT2D eigenvalue weighted by atomic mass is 9.79. The average Bonchev–Trinajstić information content (AvgIpc) is 3.38. The molecule has 2 saturated heterocycles. The standard InChI is InChI=1S/C25H31N3O7S/c1-12-20-19(13(2)29)24(33)28(20)21(25(34)35)22(12)36-16-9-17(26-11-16)23(32)27-10-15-5-3-4-14(8-15)6-7-18(30)31/h3-5,8,12-13,16-17,19-20,26,29H,6-7,9-11H2,1-2H3,(H,27,32)(H,30,31)(H,34,35)/t12?,13-,16+,17+,19-,20-/m1/s1. The number of aliphatic hydroxyl groups excluding tert-OH is 1. The van der Waals surface area contributed by atoms with Crippen LogP contribution >= 0.6 is 11.8 Å². The van der Waals surface area contributed by atoms with Gasteiger partial charge in [0.25, 0.3) is 0 Å². The van der Waals surface area contributed by atoms with Crippen LogP contribution in [-0.4, -0.2) is 74.0 Å². The van der Waals surface area contributed by atoms with E-state index in [4.69, 9.17) is 5.11 Å². The highest BCUT2D eigenvalue weighted by molar-refractivity contribution is 8.03. The minimum absolute atomic E-state index is 0.00455. The van der Waals surface area contributed by atoms with Crippen LogP contribution in [0.25, 0.3) is 0 Å². The first-order chi connectivity index (χ1) is 17.1. The largest absolute Gasteiger partial charge is 0.481 e. The molecule has 6 atom stereocenters. The summed E-state index contributed by atoms with van der Waals surface area (Å²) in [4.78, 5) is 50.0. The second kappa shape index (κ2) is 10.6. The van der Waals surface area contributed by atoms with Gasteiger partial charge >= 0.3 is 11.9 Å². The zero-order valence-electron chi connectivity index (χ0n) is 20.1. The number of hydrogen-bond donors (Lipinski definition) is 5. The van der Waals surface area contributed by atoms with Crippen molar-refractivity contribution >= 4 is 35.5 Å². The molecule has 1 aromatic rings. The first-order valence-electron chi connectivity index (χ1n) is 12.0. The summed E-state index contributed by atoms with van der Waals surface area (Å²) in [7, 11) is 0. The monoisotopic (exact) mass is 517 g/mol. The summed E-state index contributed by atoms with van der Waals surface area (Å²) in [5, 5.41) is 34.7. The molecule has 10 nitrogen and oxygen atoms in total. The number of nitrogens with zero attached hydrogens (tertiary/aromatic N) is 1. The first-order valence-corrected chi connectivity index (χ1v) is 12.9. The number of β-lactam (4-membered cyclic amide) rings is 1. The van der Waals surface area contributed by atoms with Gasteiger partial charge in [0.1, 0.15) is 5.70 Å². The van der Waals surface area contributed by atoms with E-state index in [2.05, 4.69) is 10.6 Å². The number of benzene rings is 1. The molecule has 3 heterocycles. The van der Waals surface area contributed by atoms with E-state index in [1.165, 1.54) is 16.7 Å². The van der Waals surface area contributed by atoms with E-state index < -0.39 is 30.0 Å². The van der Waals surface area contributed by atoms with E-state index in [9.17, 15) is 29.4 Å². The van der Waals surface area contributed by atoms with Crippen LogP contribution in [0.3, 0.4) is 0 Å². The highest BCUT2D eigenvalue weighted by Crippen LogP contribution is 2.51. The number of thioether (sulfide) groups is 1. The molecule has 2 fully saturated rings. The fourth-order valence-electron chi connectivity index (χ4n) is 5.31. The number of nitrogens with one attached hydrogen (secondary N) is 2. The number of amides is 2. The fraction of sp³-hybridized carbons (Fsp3) is 0.520. The van der Waals surface area contributed by atoms with Crippen molar-refractivity contribution < 1.29 is 34.5 Å². The van der Waals surface area contributed by atoms with Crippen molar-refractivity contribution in [2.24, 2.45) is 11.8 Å². The molecule has 0 radical (unpaired) electrons. The van der Waals surface area contributed by atoms with E-state index in [1.807, 2.05) is 31.2 Å². The molecule has 36 heavy (non-hydrogen) atoms. The number of aliphatic carboxylic acids is 2. The van der Waals surface area contributed by atoms with Gasteiger partial charge in [0.05, 0.1) is 24.1 Å². The number of carboxylic acid groups (broad SMARTS) is 2. The van der Waals surface area contributed by atoms with Crippen molar-refractivity contribution in [1.82, 2.24) is 15.5 Å². The number of carboxylic acids is 2. The molecular weight excluding hydrogens is 486 g/mol. The zero-order valence-corrected chi connectivity index (χ0v) is 21.0. The molecule has 0 aromatic heterocycles. The number of fused-ring (bicyclic) bond motifs is 1. The first kappa shape index (κ1) is 26.2. The summed E-state index contributed by atoms with van der Waals surface area (Å²) < 4.78 is 0. The SMILES string of the molecule is CC1C(S[C@@H]2CN[C@H](C(=O)NCc3cccc(CCC(=O)O)c3)C2)=C(C(=O)O)N2C(=O)[C@H]([C@@H](C)O)[C@@H]12. The quantitative estimate of drug-likeness (QED) is 0.285. The van der Waals surface area contributed by atoms with Crippen molar-refractivity contribution in [3.05, 3.63) is 46.0 Å². The summed E-state index contributed by atoms with van der Waals surface area (Å²) in [5.74, 6) is -3.34. The van der Waals surface area contributed by atoms with Crippen molar-refractivity contribution in [2.75, 3.05) is 6.54 Å². The Morgan fingerprint density at radius 3 is 2.64 bits per heavy atom. The fourth-order valence-corrected chi connectivity index (χ4v) is 6.79. The number of carbonyl (C=O) groups excluding carboxylic acids is 2. The van der Waals surface area contributed by atoms with Gasteiger partial charge in [-0.2, -0.15) is 0 Å². The maximum Gasteiger partial charge on any atom is 0.353 e. The van der Waals surface area contributed by atoms with Gasteiger partial charge in [-0.05, 0) is 30.9 Å². The van der Waals surface area contributed by atoms with Crippen LogP contribution in [0.2, 0.25) is 0 Å². The molecular formula is C25H31N3O7S. The Labute approximate surface area is 213 Å². The van der Waals surface area contributed by atoms with Crippen molar-refractivity contribution in [2.45, 2.75) is 63.1 Å². The molecule has 4 rings (SSSR count). The van der Waals surface area contributed by atoms with Crippen LogP contribution in [0.4, 0.5) is 0 Å². The minimum atomic E-state index is -1.16. The summed E-state index contributed by atoms with van der Waals surface area (Å²) in [6.07, 6.45) is 0.136. The van der Waals surface area contributed by atoms with Crippen molar-refractivity contribution in [3.8, 4) is 0 Å². The van der Waals surface area contributed by atoms with Gasteiger partial charge in [-0.15, -0.1) is 11.8 Å². The van der Waals surface area contributed by atoms with E-state index in [1.54, 1.807) is 6.92 Å². The minimum Gasteiger partial charge on any atom is -0.481 e. The normalized spacial score (nSPS) is 28.0. The Hall–Kier alpha value is -2.89. The van der Waals surface area contributed by atoms with E-state index in [0.717, 1.165) is 11.1 Å². The molecule has 0 saturated carbocycles. The Morgan fingerprint density at radius 2 is 1.97 bits per heavy atom. The predicted molar refractivity (Wildman–Crippen MR) is 132 cm³/mol. The maximum absolute atomic E-state index is 12.8. The molecule has 3 aliphatic heterocycles. The summed E-state index contributed by atoms with van der Waals surface area (Å²) in [6, 6.07) is 6.68. The van der Waals surface area contributed by atoms with Crippen molar-refractivity contribution in [1.29, 1.82) is 0 Å². The van der Waals surface area contributed by atoms with Gasteiger partial charge in [-0.3, -0.25) is 14.4 Å². The number of carbonyl (C=O) groups is 4. The van der Waals surface area contributed by atoms with Gasteiger partial charge in [0, 0.05) is 35.6 Å². The molecule has 5 N–H and O–H groups in total. The molecule has 0 spiro atoms. The lowest BCUT2D eigenvalue weighted by Crippen LogP contribution is -2.63. The lowest BCUT2D eigenvalue weighted by Gasteiger charge is -2.46. The predicted octanol–water partition coefficient (Wildman–Crippen LogP) is 0.937. The van der Waals surface area contributed by atoms with Crippen LogP contribution in [0, 0.1) is 11.8 Å². The smallest absolute Gasteiger partial charge is 0.353 e. The second-order valence-corrected chi connectivity index (χ2v) is 11.0. The zero-order chi connectivity index (χ0) is 26.1. The molecule has 11 heteroatoms. The Balaban J connectivity index is 1.34. The van der Waals surface area contributed by atoms with Crippen molar-refractivity contribution in [3.63, 3.8) is 0 Å². The Kier molecular flexibility index (Phi) is 7.72. The van der Waals surface area contributed by atoms with Gasteiger partial charge in [-0.25, -0.2) is 4.79 Å². The van der Waals surface area contributed by atoms with Gasteiger partial charge in [-0.1, -0.05) is 31.2 Å². The van der Waals surface area contributed by atoms with Crippen LogP contribution < -0.4 is 10.6 Å². The number of aliphatic hydroxyl groups is 1.